The molecule has 0 bridgehead atoms. The maximum atomic E-state index is 6.16. The Hall–Kier alpha value is -1.06. The lowest BCUT2D eigenvalue weighted by atomic mass is 10.0. The van der Waals surface area contributed by atoms with Crippen molar-refractivity contribution in [3.05, 3.63) is 35.9 Å². The van der Waals surface area contributed by atoms with Crippen LogP contribution in [0.5, 0.6) is 0 Å². The number of para-hydroxylation sites is 1. The second kappa shape index (κ2) is 8.40. The Morgan fingerprint density at radius 1 is 1.19 bits per heavy atom. The third-order valence-corrected chi connectivity index (χ3v) is 4.88. The molecule has 114 valence electrons. The zero-order valence-corrected chi connectivity index (χ0v) is 14.0. The van der Waals surface area contributed by atoms with Gasteiger partial charge in [-0.3, -0.25) is 0 Å². The summed E-state index contributed by atoms with van der Waals surface area (Å²) in [5, 5.41) is 2.39. The number of aromatic nitrogens is 1. The van der Waals surface area contributed by atoms with E-state index in [-0.39, 0.29) is 6.04 Å². The van der Waals surface area contributed by atoms with Gasteiger partial charge in [0, 0.05) is 11.4 Å². The molecular formula is C18H26N2S. The Balaban J connectivity index is 2.23. The van der Waals surface area contributed by atoms with E-state index in [9.17, 15) is 0 Å². The maximum Gasteiger partial charge on any atom is 0.1000 e. The van der Waals surface area contributed by atoms with Crippen LogP contribution < -0.4 is 5.73 Å². The minimum absolute atomic E-state index is 0.225. The Morgan fingerprint density at radius 2 is 2.00 bits per heavy atom. The number of thioether (sulfide) groups is 1. The van der Waals surface area contributed by atoms with Crippen molar-refractivity contribution in [2.75, 3.05) is 5.75 Å². The molecule has 1 aromatic carbocycles. The van der Waals surface area contributed by atoms with Gasteiger partial charge in [0.15, 0.2) is 0 Å². The molecule has 0 aliphatic rings. The molecule has 2 nitrogen and oxygen atoms in total. The van der Waals surface area contributed by atoms with Crippen molar-refractivity contribution < 1.29 is 0 Å². The SMILES string of the molecule is CCCCCSc1nc2ccccc2cc1CC(N)CC. The fourth-order valence-corrected chi connectivity index (χ4v) is 3.39. The highest BCUT2D eigenvalue weighted by Crippen LogP contribution is 2.27. The lowest BCUT2D eigenvalue weighted by Crippen LogP contribution is -2.21. The fourth-order valence-electron chi connectivity index (χ4n) is 2.36. The van der Waals surface area contributed by atoms with Crippen LogP contribution in [-0.2, 0) is 6.42 Å². The first-order chi connectivity index (χ1) is 10.2. The molecule has 0 aliphatic heterocycles. The molecule has 1 heterocycles. The number of fused-ring (bicyclic) bond motifs is 1. The number of nitrogens with zero attached hydrogens (tertiary/aromatic N) is 1. The third-order valence-electron chi connectivity index (χ3n) is 3.76. The molecule has 2 rings (SSSR count). The number of benzene rings is 1. The first-order valence-electron chi connectivity index (χ1n) is 8.01. The number of hydrogen-bond acceptors (Lipinski definition) is 3. The first-order valence-corrected chi connectivity index (χ1v) is 9.00. The Morgan fingerprint density at radius 3 is 2.76 bits per heavy atom. The average Bonchev–Trinajstić information content (AvgIpc) is 2.51. The summed E-state index contributed by atoms with van der Waals surface area (Å²) in [4.78, 5) is 4.87. The summed E-state index contributed by atoms with van der Waals surface area (Å²) in [6.07, 6.45) is 5.75. The van der Waals surface area contributed by atoms with Crippen molar-refractivity contribution in [3.8, 4) is 0 Å². The number of pyridine rings is 1. The molecule has 0 fully saturated rings. The van der Waals surface area contributed by atoms with Gasteiger partial charge in [-0.1, -0.05) is 44.9 Å². The molecule has 2 aromatic rings. The quantitative estimate of drug-likeness (QED) is 0.562. The lowest BCUT2D eigenvalue weighted by Gasteiger charge is -2.14. The number of unbranched alkanes of at least 4 members (excludes halogenated alkanes) is 2. The highest BCUT2D eigenvalue weighted by Gasteiger charge is 2.10. The van der Waals surface area contributed by atoms with Crippen molar-refractivity contribution in [1.29, 1.82) is 0 Å². The standard InChI is InChI=1S/C18H26N2S/c1-3-5-8-11-21-18-15(13-16(19)4-2)12-14-9-6-7-10-17(14)20-18/h6-7,9-10,12,16H,3-5,8,11,13,19H2,1-2H3. The summed E-state index contributed by atoms with van der Waals surface area (Å²) < 4.78 is 0. The number of rotatable bonds is 8. The van der Waals surface area contributed by atoms with Crippen LogP contribution in [0.15, 0.2) is 35.4 Å². The predicted octanol–water partition coefficient (Wildman–Crippen LogP) is 4.80. The van der Waals surface area contributed by atoms with E-state index in [0.29, 0.717) is 0 Å². The second-order valence-electron chi connectivity index (χ2n) is 5.57. The van der Waals surface area contributed by atoms with Crippen molar-refractivity contribution in [1.82, 2.24) is 4.98 Å². The second-order valence-corrected chi connectivity index (χ2v) is 6.66. The third kappa shape index (κ3) is 4.72. The lowest BCUT2D eigenvalue weighted by molar-refractivity contribution is 0.638. The van der Waals surface area contributed by atoms with Gasteiger partial charge >= 0.3 is 0 Å². The van der Waals surface area contributed by atoms with Gasteiger partial charge in [-0.15, -0.1) is 11.8 Å². The van der Waals surface area contributed by atoms with Gasteiger partial charge in [0.05, 0.1) is 10.5 Å². The van der Waals surface area contributed by atoms with E-state index in [4.69, 9.17) is 10.7 Å². The summed E-state index contributed by atoms with van der Waals surface area (Å²) >= 11 is 1.89. The molecule has 0 spiro atoms. The average molecular weight is 302 g/mol. The zero-order valence-electron chi connectivity index (χ0n) is 13.1. The van der Waals surface area contributed by atoms with E-state index in [2.05, 4.69) is 44.2 Å². The van der Waals surface area contributed by atoms with Gasteiger partial charge in [-0.2, -0.15) is 0 Å². The Kier molecular flexibility index (Phi) is 6.52. The number of hydrogen-bond donors (Lipinski definition) is 1. The smallest absolute Gasteiger partial charge is 0.1000 e. The molecular weight excluding hydrogens is 276 g/mol. The van der Waals surface area contributed by atoms with E-state index in [1.165, 1.54) is 35.2 Å². The summed E-state index contributed by atoms with van der Waals surface area (Å²) in [7, 11) is 0. The largest absolute Gasteiger partial charge is 0.327 e. The van der Waals surface area contributed by atoms with Crippen molar-refractivity contribution in [2.45, 2.75) is 57.0 Å². The van der Waals surface area contributed by atoms with Crippen LogP contribution in [-0.4, -0.2) is 16.8 Å². The molecule has 0 radical (unpaired) electrons. The molecule has 3 heteroatoms. The molecule has 0 saturated heterocycles. The molecule has 21 heavy (non-hydrogen) atoms. The van der Waals surface area contributed by atoms with Crippen LogP contribution in [0.1, 0.15) is 45.1 Å². The van der Waals surface area contributed by atoms with Crippen LogP contribution in [0.3, 0.4) is 0 Å². The topological polar surface area (TPSA) is 38.9 Å². The monoisotopic (exact) mass is 302 g/mol. The van der Waals surface area contributed by atoms with E-state index < -0.39 is 0 Å². The van der Waals surface area contributed by atoms with Gasteiger partial charge < -0.3 is 5.73 Å². The van der Waals surface area contributed by atoms with Crippen LogP contribution in [0, 0.1) is 0 Å². The van der Waals surface area contributed by atoms with Crippen molar-refractivity contribution in [2.24, 2.45) is 5.73 Å². The minimum atomic E-state index is 0.225. The molecule has 1 aromatic heterocycles. The fraction of sp³-hybridized carbons (Fsp3) is 0.500. The summed E-state index contributed by atoms with van der Waals surface area (Å²) in [6, 6.07) is 10.9. The molecule has 0 amide bonds. The van der Waals surface area contributed by atoms with E-state index in [0.717, 1.165) is 24.1 Å². The first kappa shape index (κ1) is 16.3. The summed E-state index contributed by atoms with van der Waals surface area (Å²) in [6.45, 7) is 4.39. The van der Waals surface area contributed by atoms with Crippen molar-refractivity contribution in [3.63, 3.8) is 0 Å². The van der Waals surface area contributed by atoms with Crippen LogP contribution in [0.2, 0.25) is 0 Å². The molecule has 1 unspecified atom stereocenters. The van der Waals surface area contributed by atoms with Gasteiger partial charge in [0.2, 0.25) is 0 Å². The van der Waals surface area contributed by atoms with E-state index >= 15 is 0 Å². The molecule has 0 saturated carbocycles. The van der Waals surface area contributed by atoms with Gasteiger partial charge in [0.1, 0.15) is 0 Å². The highest BCUT2D eigenvalue weighted by atomic mass is 32.2. The molecule has 2 N–H and O–H groups in total. The molecule has 0 aliphatic carbocycles. The van der Waals surface area contributed by atoms with Crippen LogP contribution in [0.4, 0.5) is 0 Å². The minimum Gasteiger partial charge on any atom is -0.327 e. The summed E-state index contributed by atoms with van der Waals surface area (Å²) in [5.74, 6) is 1.15. The van der Waals surface area contributed by atoms with E-state index in [1.807, 2.05) is 11.8 Å². The predicted molar refractivity (Wildman–Crippen MR) is 94.0 cm³/mol. The van der Waals surface area contributed by atoms with Gasteiger partial charge in [-0.25, -0.2) is 4.98 Å². The van der Waals surface area contributed by atoms with Crippen molar-refractivity contribution >= 4 is 22.7 Å². The molecule has 1 atom stereocenters. The van der Waals surface area contributed by atoms with Gasteiger partial charge in [0.25, 0.3) is 0 Å². The van der Waals surface area contributed by atoms with Crippen LogP contribution in [0.25, 0.3) is 10.9 Å². The Labute approximate surface area is 132 Å². The Bertz CT molecular complexity index is 568. The highest BCUT2D eigenvalue weighted by molar-refractivity contribution is 7.99. The number of nitrogens with two attached hydrogens (primary N) is 1. The van der Waals surface area contributed by atoms with E-state index in [1.54, 1.807) is 0 Å². The van der Waals surface area contributed by atoms with Gasteiger partial charge in [-0.05, 0) is 42.7 Å². The zero-order chi connectivity index (χ0) is 15.1. The normalized spacial score (nSPS) is 12.7. The van der Waals surface area contributed by atoms with Crippen LogP contribution >= 0.6 is 11.8 Å². The maximum absolute atomic E-state index is 6.16. The summed E-state index contributed by atoms with van der Waals surface area (Å²) in [5.41, 5.74) is 8.55.